The van der Waals surface area contributed by atoms with Crippen LogP contribution in [0.4, 0.5) is 0 Å². The summed E-state index contributed by atoms with van der Waals surface area (Å²) in [6.07, 6.45) is 3.03. The Balaban J connectivity index is 1.58. The van der Waals surface area contributed by atoms with E-state index in [1.807, 2.05) is 26.0 Å². The molecular formula is C34H38BrN3O8S. The summed E-state index contributed by atoms with van der Waals surface area (Å²) in [5, 5.41) is 0. The first-order chi connectivity index (χ1) is 22.8. The number of halogens is 1. The Labute approximate surface area is 285 Å². The summed E-state index contributed by atoms with van der Waals surface area (Å²) in [5.74, 6) is 0.760. The van der Waals surface area contributed by atoms with E-state index in [1.54, 1.807) is 53.8 Å². The molecule has 0 spiro atoms. The summed E-state index contributed by atoms with van der Waals surface area (Å²) in [6.45, 7) is 8.14. The minimum atomic E-state index is -0.819. The van der Waals surface area contributed by atoms with Gasteiger partial charge in [-0.2, -0.15) is 0 Å². The van der Waals surface area contributed by atoms with Gasteiger partial charge in [0.2, 0.25) is 0 Å². The first kappa shape index (κ1) is 34.4. The van der Waals surface area contributed by atoms with E-state index in [2.05, 4.69) is 15.9 Å². The Hall–Kier alpha value is -3.94. The molecule has 1 fully saturated rings. The van der Waals surface area contributed by atoms with Gasteiger partial charge in [0, 0.05) is 23.1 Å². The summed E-state index contributed by atoms with van der Waals surface area (Å²) >= 11 is 4.79. The average molecular weight is 729 g/mol. The number of nitrogens with zero attached hydrogens (tertiary/aromatic N) is 3. The van der Waals surface area contributed by atoms with Gasteiger partial charge >= 0.3 is 5.97 Å². The van der Waals surface area contributed by atoms with Gasteiger partial charge in [-0.25, -0.2) is 9.79 Å². The van der Waals surface area contributed by atoms with Crippen LogP contribution in [0.25, 0.3) is 6.08 Å². The number of rotatable bonds is 12. The molecule has 47 heavy (non-hydrogen) atoms. The largest absolute Gasteiger partial charge is 0.496 e. The van der Waals surface area contributed by atoms with Gasteiger partial charge in [0.1, 0.15) is 11.8 Å². The van der Waals surface area contributed by atoms with Crippen molar-refractivity contribution in [1.29, 1.82) is 0 Å². The molecule has 1 saturated heterocycles. The van der Waals surface area contributed by atoms with Crippen LogP contribution in [0.2, 0.25) is 0 Å². The highest BCUT2D eigenvalue weighted by Crippen LogP contribution is 2.38. The van der Waals surface area contributed by atoms with Crippen LogP contribution >= 0.6 is 27.3 Å². The lowest BCUT2D eigenvalue weighted by Crippen LogP contribution is -2.43. The molecule has 0 radical (unpaired) electrons. The van der Waals surface area contributed by atoms with Gasteiger partial charge < -0.3 is 28.6 Å². The number of ether oxygens (including phenoxy) is 5. The second-order valence-electron chi connectivity index (χ2n) is 10.7. The molecule has 5 rings (SSSR count). The van der Waals surface area contributed by atoms with E-state index in [-0.39, 0.29) is 24.7 Å². The van der Waals surface area contributed by atoms with Gasteiger partial charge in [-0.1, -0.05) is 46.7 Å². The Morgan fingerprint density at radius 1 is 1.04 bits per heavy atom. The molecule has 2 aromatic carbocycles. The lowest BCUT2D eigenvalue weighted by Gasteiger charge is -2.27. The third-order valence-corrected chi connectivity index (χ3v) is 9.14. The first-order valence-electron chi connectivity index (χ1n) is 15.6. The fourth-order valence-electron chi connectivity index (χ4n) is 5.53. The predicted molar refractivity (Wildman–Crippen MR) is 181 cm³/mol. The summed E-state index contributed by atoms with van der Waals surface area (Å²) in [7, 11) is 1.55. The normalized spacial score (nSPS) is 16.4. The van der Waals surface area contributed by atoms with E-state index in [9.17, 15) is 14.4 Å². The van der Waals surface area contributed by atoms with Crippen LogP contribution < -0.4 is 29.1 Å². The summed E-state index contributed by atoms with van der Waals surface area (Å²) in [6, 6.07) is 9.98. The minimum absolute atomic E-state index is 0.123. The molecule has 1 aromatic heterocycles. The Kier molecular flexibility index (Phi) is 11.5. The number of carbonyl (C=O) groups is 2. The zero-order valence-corrected chi connectivity index (χ0v) is 29.3. The van der Waals surface area contributed by atoms with Crippen molar-refractivity contribution in [3.8, 4) is 17.2 Å². The van der Waals surface area contributed by atoms with E-state index in [1.165, 1.54) is 11.3 Å². The van der Waals surface area contributed by atoms with E-state index in [0.29, 0.717) is 88.3 Å². The monoisotopic (exact) mass is 727 g/mol. The van der Waals surface area contributed by atoms with Gasteiger partial charge in [0.15, 0.2) is 22.9 Å². The topological polar surface area (TPSA) is 118 Å². The first-order valence-corrected chi connectivity index (χ1v) is 17.2. The highest BCUT2D eigenvalue weighted by atomic mass is 79.9. The number of benzene rings is 2. The van der Waals surface area contributed by atoms with E-state index in [4.69, 9.17) is 28.7 Å². The number of esters is 1. The number of amides is 1. The van der Waals surface area contributed by atoms with Crippen molar-refractivity contribution in [2.75, 3.05) is 53.2 Å². The minimum Gasteiger partial charge on any atom is -0.496 e. The number of aromatic nitrogens is 1. The average Bonchev–Trinajstić information content (AvgIpc) is 3.38. The smallest absolute Gasteiger partial charge is 0.338 e. The zero-order valence-electron chi connectivity index (χ0n) is 26.9. The van der Waals surface area contributed by atoms with Crippen molar-refractivity contribution in [2.24, 2.45) is 4.99 Å². The number of fused-ring (bicyclic) bond motifs is 1. The molecule has 1 atom stereocenters. The molecule has 250 valence electrons. The van der Waals surface area contributed by atoms with E-state index in [0.717, 1.165) is 10.9 Å². The molecule has 1 amide bonds. The van der Waals surface area contributed by atoms with E-state index < -0.39 is 12.0 Å². The molecule has 2 aliphatic heterocycles. The quantitative estimate of drug-likeness (QED) is 0.257. The fraction of sp³-hybridized carbons (Fsp3) is 0.412. The maximum absolute atomic E-state index is 14.2. The standard InChI is InChI=1S/C34H38BrN3O8S/c1-5-8-24-30(33(41)45-7-3)31(23-19-22(35)10-12-25(23)42-4)38-32(40)28(47-34(38)36-24)18-21-9-11-26(27(17-21)44-6-2)46-20-29(39)37-13-15-43-16-14-37/h9-12,17-19,31H,5-8,13-16,20H2,1-4H3/b28-18-/t31-/m0/s1. The number of hydrogen-bond acceptors (Lipinski definition) is 10. The van der Waals surface area contributed by atoms with Gasteiger partial charge in [0.05, 0.1) is 49.3 Å². The number of hydrogen-bond donors (Lipinski definition) is 0. The highest BCUT2D eigenvalue weighted by molar-refractivity contribution is 9.10. The van der Waals surface area contributed by atoms with Crippen LogP contribution in [0, 0.1) is 0 Å². The van der Waals surface area contributed by atoms with Gasteiger partial charge in [-0.15, -0.1) is 0 Å². The Morgan fingerprint density at radius 2 is 1.81 bits per heavy atom. The molecular weight excluding hydrogens is 690 g/mol. The Morgan fingerprint density at radius 3 is 2.51 bits per heavy atom. The maximum Gasteiger partial charge on any atom is 0.338 e. The molecule has 3 aromatic rings. The number of morpholine rings is 1. The van der Waals surface area contributed by atoms with Crippen LogP contribution in [-0.2, 0) is 19.1 Å². The SMILES string of the molecule is CCCC1=C(C(=O)OCC)[C@H](c2cc(Br)ccc2OC)n2c(s/c(=C\c3ccc(OCC(=O)N4CCOCC4)c(OCC)c3)c2=O)=N1. The number of methoxy groups -OCH3 is 1. The highest BCUT2D eigenvalue weighted by Gasteiger charge is 2.36. The number of carbonyl (C=O) groups excluding carboxylic acids is 2. The van der Waals surface area contributed by atoms with Crippen LogP contribution in [0.1, 0.15) is 50.8 Å². The molecule has 0 N–H and O–H groups in total. The lowest BCUT2D eigenvalue weighted by atomic mass is 9.93. The number of thiazole rings is 1. The molecule has 0 saturated carbocycles. The number of allylic oxidation sites excluding steroid dienone is 1. The third-order valence-electron chi connectivity index (χ3n) is 7.66. The van der Waals surface area contributed by atoms with Crippen molar-refractivity contribution >= 4 is 45.2 Å². The van der Waals surface area contributed by atoms with Crippen molar-refractivity contribution in [3.05, 3.63) is 83.0 Å². The van der Waals surface area contributed by atoms with Gasteiger partial charge in [-0.05, 0) is 62.2 Å². The molecule has 11 nitrogen and oxygen atoms in total. The van der Waals surface area contributed by atoms with Crippen molar-refractivity contribution < 1.29 is 33.3 Å². The second kappa shape index (κ2) is 15.8. The van der Waals surface area contributed by atoms with Gasteiger partial charge in [0.25, 0.3) is 11.5 Å². The van der Waals surface area contributed by atoms with E-state index >= 15 is 0 Å². The lowest BCUT2D eigenvalue weighted by molar-refractivity contribution is -0.139. The molecule has 3 heterocycles. The fourth-order valence-corrected chi connectivity index (χ4v) is 6.93. The molecule has 0 aliphatic carbocycles. The van der Waals surface area contributed by atoms with Crippen LogP contribution in [-0.4, -0.2) is 74.6 Å². The maximum atomic E-state index is 14.2. The predicted octanol–water partition coefficient (Wildman–Crippen LogP) is 3.99. The molecule has 2 aliphatic rings. The van der Waals surface area contributed by atoms with Crippen LogP contribution in [0.5, 0.6) is 17.2 Å². The summed E-state index contributed by atoms with van der Waals surface area (Å²) in [5.41, 5.74) is 1.91. The summed E-state index contributed by atoms with van der Waals surface area (Å²) < 4.78 is 31.0. The Bertz CT molecular complexity index is 1840. The van der Waals surface area contributed by atoms with Crippen molar-refractivity contribution in [1.82, 2.24) is 9.47 Å². The third kappa shape index (κ3) is 7.63. The van der Waals surface area contributed by atoms with Crippen LogP contribution in [0.3, 0.4) is 0 Å². The molecule has 0 bridgehead atoms. The van der Waals surface area contributed by atoms with Crippen molar-refractivity contribution in [2.45, 2.75) is 39.7 Å². The van der Waals surface area contributed by atoms with Gasteiger partial charge in [-0.3, -0.25) is 14.2 Å². The second-order valence-corrected chi connectivity index (χ2v) is 12.6. The zero-order chi connectivity index (χ0) is 33.5. The summed E-state index contributed by atoms with van der Waals surface area (Å²) in [4.78, 5) is 47.4. The molecule has 13 heteroatoms. The molecule has 0 unspecified atom stereocenters. The van der Waals surface area contributed by atoms with Crippen LogP contribution in [0.15, 0.2) is 61.9 Å². The van der Waals surface area contributed by atoms with Crippen molar-refractivity contribution in [3.63, 3.8) is 0 Å².